The largest absolute Gasteiger partial charge is 0.497 e. The fourth-order valence-electron chi connectivity index (χ4n) is 4.11. The molecule has 3 heterocycles. The van der Waals surface area contributed by atoms with Crippen molar-refractivity contribution in [2.45, 2.75) is 25.9 Å². The van der Waals surface area contributed by atoms with E-state index in [-0.39, 0.29) is 11.6 Å². The van der Waals surface area contributed by atoms with Gasteiger partial charge in [-0.3, -0.25) is 14.3 Å². The molecule has 5 rings (SSSR count). The van der Waals surface area contributed by atoms with Crippen LogP contribution in [0.3, 0.4) is 0 Å². The first-order valence-electron chi connectivity index (χ1n) is 11.3. The first kappa shape index (κ1) is 21.6. The second-order valence-electron chi connectivity index (χ2n) is 8.18. The Kier molecular flexibility index (Phi) is 5.95. The third kappa shape index (κ3) is 4.34. The summed E-state index contributed by atoms with van der Waals surface area (Å²) >= 11 is 0. The van der Waals surface area contributed by atoms with Crippen molar-refractivity contribution in [1.29, 1.82) is 0 Å². The highest BCUT2D eigenvalue weighted by molar-refractivity contribution is 5.64. The van der Waals surface area contributed by atoms with E-state index in [1.165, 1.54) is 0 Å². The summed E-state index contributed by atoms with van der Waals surface area (Å²) in [5.41, 5.74) is 2.55. The minimum Gasteiger partial charge on any atom is -0.497 e. The average molecular weight is 455 g/mol. The van der Waals surface area contributed by atoms with Crippen LogP contribution in [-0.2, 0) is 6.54 Å². The lowest BCUT2D eigenvalue weighted by atomic mass is 10.1. The first-order valence-corrected chi connectivity index (χ1v) is 11.3. The van der Waals surface area contributed by atoms with Crippen LogP contribution < -0.4 is 20.5 Å². The van der Waals surface area contributed by atoms with Gasteiger partial charge in [0, 0.05) is 30.9 Å². The molecule has 8 heteroatoms. The Morgan fingerprint density at radius 1 is 1.00 bits per heavy atom. The Morgan fingerprint density at radius 3 is 2.56 bits per heavy atom. The van der Waals surface area contributed by atoms with E-state index in [1.807, 2.05) is 53.4 Å². The van der Waals surface area contributed by atoms with E-state index in [4.69, 9.17) is 14.7 Å². The third-order valence-corrected chi connectivity index (χ3v) is 5.94. The van der Waals surface area contributed by atoms with E-state index in [1.54, 1.807) is 23.9 Å². The maximum absolute atomic E-state index is 13.0. The van der Waals surface area contributed by atoms with Gasteiger partial charge >= 0.3 is 0 Å². The lowest BCUT2D eigenvalue weighted by Gasteiger charge is -2.30. The van der Waals surface area contributed by atoms with Gasteiger partial charge in [-0.1, -0.05) is 30.3 Å². The zero-order valence-electron chi connectivity index (χ0n) is 19.2. The highest BCUT2D eigenvalue weighted by atomic mass is 16.5. The standard InChI is InChI=1S/C26H26N6O2/c1-18(19-7-4-3-5-8-19)28-25-27-14-13-23(30-25)31-15-6-16-32-24(33)17-22(29-26(31)32)20-9-11-21(34-2)12-10-20/h3-5,7-14,17-18H,6,15-16H2,1-2H3,(H,27,28,30). The van der Waals surface area contributed by atoms with E-state index in [9.17, 15) is 4.79 Å². The molecule has 2 aromatic carbocycles. The zero-order valence-corrected chi connectivity index (χ0v) is 19.2. The minimum atomic E-state index is -0.0781. The Balaban J connectivity index is 1.47. The number of ether oxygens (including phenoxy) is 1. The topological polar surface area (TPSA) is 85.2 Å². The smallest absolute Gasteiger partial charge is 0.255 e. The first-order chi connectivity index (χ1) is 16.6. The maximum Gasteiger partial charge on any atom is 0.255 e. The van der Waals surface area contributed by atoms with Crippen LogP contribution in [-0.4, -0.2) is 33.2 Å². The van der Waals surface area contributed by atoms with Crippen molar-refractivity contribution in [2.75, 3.05) is 23.9 Å². The van der Waals surface area contributed by atoms with E-state index in [2.05, 4.69) is 29.4 Å². The lowest BCUT2D eigenvalue weighted by molar-refractivity contribution is 0.415. The summed E-state index contributed by atoms with van der Waals surface area (Å²) in [5.74, 6) is 2.57. The second-order valence-corrected chi connectivity index (χ2v) is 8.18. The molecule has 0 bridgehead atoms. The number of nitrogens with one attached hydrogen (secondary N) is 1. The maximum atomic E-state index is 13.0. The van der Waals surface area contributed by atoms with Gasteiger partial charge in [-0.15, -0.1) is 0 Å². The second kappa shape index (κ2) is 9.35. The summed E-state index contributed by atoms with van der Waals surface area (Å²) in [6.07, 6.45) is 2.55. The molecule has 4 aromatic rings. The number of hydrogen-bond acceptors (Lipinski definition) is 7. The average Bonchev–Trinajstić information content (AvgIpc) is 2.89. The van der Waals surface area contributed by atoms with Crippen LogP contribution in [0.1, 0.15) is 24.9 Å². The normalized spacial score (nSPS) is 13.8. The van der Waals surface area contributed by atoms with Gasteiger partial charge in [0.1, 0.15) is 11.6 Å². The predicted octanol–water partition coefficient (Wildman–Crippen LogP) is 4.42. The highest BCUT2D eigenvalue weighted by Gasteiger charge is 2.23. The van der Waals surface area contributed by atoms with Gasteiger partial charge in [-0.2, -0.15) is 4.98 Å². The number of benzene rings is 2. The summed E-state index contributed by atoms with van der Waals surface area (Å²) < 4.78 is 6.95. The van der Waals surface area contributed by atoms with Crippen LogP contribution in [0.5, 0.6) is 5.75 Å². The van der Waals surface area contributed by atoms with Crippen LogP contribution in [0.2, 0.25) is 0 Å². The number of anilines is 3. The molecule has 0 fully saturated rings. The molecule has 1 atom stereocenters. The summed E-state index contributed by atoms with van der Waals surface area (Å²) in [5, 5.41) is 3.37. The molecule has 2 aromatic heterocycles. The molecule has 0 spiro atoms. The molecule has 1 N–H and O–H groups in total. The number of rotatable bonds is 6. The molecule has 1 unspecified atom stereocenters. The van der Waals surface area contributed by atoms with Crippen molar-refractivity contribution >= 4 is 17.7 Å². The van der Waals surface area contributed by atoms with Gasteiger partial charge in [-0.25, -0.2) is 9.97 Å². The fourth-order valence-corrected chi connectivity index (χ4v) is 4.11. The van der Waals surface area contributed by atoms with Crippen LogP contribution in [0.25, 0.3) is 11.3 Å². The van der Waals surface area contributed by atoms with Crippen molar-refractivity contribution in [3.63, 3.8) is 0 Å². The van der Waals surface area contributed by atoms with E-state index in [0.29, 0.717) is 36.5 Å². The summed E-state index contributed by atoms with van der Waals surface area (Å²) in [4.78, 5) is 29.0. The number of nitrogens with zero attached hydrogens (tertiary/aromatic N) is 5. The number of methoxy groups -OCH3 is 1. The molecule has 34 heavy (non-hydrogen) atoms. The Morgan fingerprint density at radius 2 is 1.79 bits per heavy atom. The van der Waals surface area contributed by atoms with Gasteiger partial charge in [-0.05, 0) is 49.2 Å². The van der Waals surface area contributed by atoms with Crippen LogP contribution in [0.15, 0.2) is 77.7 Å². The molecular formula is C26H26N6O2. The van der Waals surface area contributed by atoms with Gasteiger partial charge < -0.3 is 10.1 Å². The van der Waals surface area contributed by atoms with E-state index in [0.717, 1.165) is 23.3 Å². The molecular weight excluding hydrogens is 428 g/mol. The highest BCUT2D eigenvalue weighted by Crippen LogP contribution is 2.29. The fraction of sp³-hybridized carbons (Fsp3) is 0.231. The van der Waals surface area contributed by atoms with Crippen LogP contribution >= 0.6 is 0 Å². The van der Waals surface area contributed by atoms with Crippen LogP contribution in [0, 0.1) is 0 Å². The minimum absolute atomic E-state index is 0.0486. The quantitative estimate of drug-likeness (QED) is 0.461. The lowest BCUT2D eigenvalue weighted by Crippen LogP contribution is -2.36. The monoisotopic (exact) mass is 454 g/mol. The zero-order chi connectivity index (χ0) is 23.5. The SMILES string of the molecule is COc1ccc(-c2cc(=O)n3c(n2)N(c2ccnc(NC(C)c4ccccc4)n2)CCC3)cc1. The Labute approximate surface area is 197 Å². The third-order valence-electron chi connectivity index (χ3n) is 5.94. The number of aromatic nitrogens is 4. The number of fused-ring (bicyclic) bond motifs is 1. The summed E-state index contributed by atoms with van der Waals surface area (Å²) in [6, 6.07) is 21.2. The molecule has 1 aliphatic heterocycles. The van der Waals surface area contributed by atoms with Crippen molar-refractivity contribution in [3.8, 4) is 17.0 Å². The predicted molar refractivity (Wildman–Crippen MR) is 133 cm³/mol. The van der Waals surface area contributed by atoms with Crippen LogP contribution in [0.4, 0.5) is 17.7 Å². The van der Waals surface area contributed by atoms with Crippen molar-refractivity contribution < 1.29 is 4.74 Å². The number of hydrogen-bond donors (Lipinski definition) is 1. The van der Waals surface area contributed by atoms with E-state index < -0.39 is 0 Å². The molecule has 172 valence electrons. The van der Waals surface area contributed by atoms with Gasteiger partial charge in [0.15, 0.2) is 0 Å². The van der Waals surface area contributed by atoms with E-state index >= 15 is 0 Å². The molecule has 1 aliphatic rings. The molecule has 0 radical (unpaired) electrons. The van der Waals surface area contributed by atoms with Crippen molar-refractivity contribution in [1.82, 2.24) is 19.5 Å². The molecule has 0 saturated heterocycles. The van der Waals surface area contributed by atoms with Gasteiger partial charge in [0.05, 0.1) is 18.8 Å². The molecule has 0 aliphatic carbocycles. The molecule has 8 nitrogen and oxygen atoms in total. The molecule has 0 saturated carbocycles. The summed E-state index contributed by atoms with van der Waals surface area (Å²) in [7, 11) is 1.63. The van der Waals surface area contributed by atoms with Gasteiger partial charge in [0.2, 0.25) is 11.9 Å². The Hall–Kier alpha value is -4.20. The van der Waals surface area contributed by atoms with Crippen molar-refractivity contribution in [3.05, 3.63) is 88.8 Å². The summed E-state index contributed by atoms with van der Waals surface area (Å²) in [6.45, 7) is 3.41. The Bertz CT molecular complexity index is 1340. The molecule has 0 amide bonds. The van der Waals surface area contributed by atoms with Gasteiger partial charge in [0.25, 0.3) is 5.56 Å². The van der Waals surface area contributed by atoms with Crippen molar-refractivity contribution in [2.24, 2.45) is 0 Å².